The normalized spacial score (nSPS) is 11.8. The molecule has 272 valence electrons. The number of aromatic nitrogens is 2. The third-order valence-corrected chi connectivity index (χ3v) is 12.9. The lowest BCUT2D eigenvalue weighted by molar-refractivity contribution is 1.13. The van der Waals surface area contributed by atoms with Gasteiger partial charge in [-0.15, -0.1) is 11.3 Å². The molecule has 0 spiro atoms. The Kier molecular flexibility index (Phi) is 7.40. The quantitative estimate of drug-likeness (QED) is 0.165. The van der Waals surface area contributed by atoms with Crippen molar-refractivity contribution in [2.24, 2.45) is 0 Å². The molecule has 0 aliphatic heterocycles. The van der Waals surface area contributed by atoms with Crippen LogP contribution >= 0.6 is 11.3 Å². The summed E-state index contributed by atoms with van der Waals surface area (Å²) < 4.78 is 7.32. The van der Waals surface area contributed by atoms with Crippen LogP contribution < -0.4 is 4.90 Å². The summed E-state index contributed by atoms with van der Waals surface area (Å²) >= 11 is 1.86. The zero-order valence-corrected chi connectivity index (χ0v) is 32.3. The van der Waals surface area contributed by atoms with Crippen molar-refractivity contribution >= 4 is 92.1 Å². The predicted octanol–water partition coefficient (Wildman–Crippen LogP) is 15.4. The van der Waals surface area contributed by atoms with Gasteiger partial charge in [-0.2, -0.15) is 0 Å². The number of fused-ring (bicyclic) bond motifs is 8. The van der Waals surface area contributed by atoms with Crippen LogP contribution in [0.15, 0.2) is 212 Å². The molecule has 0 amide bonds. The zero-order valence-electron chi connectivity index (χ0n) is 31.5. The van der Waals surface area contributed by atoms with Gasteiger partial charge in [-0.1, -0.05) is 115 Å². The molecule has 0 aliphatic carbocycles. The number of para-hydroxylation sites is 2. The summed E-state index contributed by atoms with van der Waals surface area (Å²) in [6.07, 6.45) is 2.19. The highest BCUT2D eigenvalue weighted by atomic mass is 32.1. The molecule has 0 aliphatic rings. The summed E-state index contributed by atoms with van der Waals surface area (Å²) in [5.74, 6) is 0. The van der Waals surface area contributed by atoms with Crippen molar-refractivity contribution in [1.29, 1.82) is 0 Å². The van der Waals surface area contributed by atoms with Gasteiger partial charge in [0.05, 0.1) is 22.2 Å². The lowest BCUT2D eigenvalue weighted by atomic mass is 10.0. The Bertz CT molecular complexity index is 3490. The lowest BCUT2D eigenvalue weighted by Crippen LogP contribution is -2.10. The Morgan fingerprint density at radius 2 is 1.03 bits per heavy atom. The summed E-state index contributed by atoms with van der Waals surface area (Å²) in [4.78, 5) is 2.41. The number of anilines is 3. The van der Waals surface area contributed by atoms with Gasteiger partial charge in [0.25, 0.3) is 0 Å². The van der Waals surface area contributed by atoms with Crippen molar-refractivity contribution in [1.82, 2.24) is 9.13 Å². The summed E-state index contributed by atoms with van der Waals surface area (Å²) in [5.41, 5.74) is 11.7. The van der Waals surface area contributed by atoms with E-state index in [2.05, 4.69) is 226 Å². The van der Waals surface area contributed by atoms with Crippen molar-refractivity contribution in [3.05, 3.63) is 212 Å². The van der Waals surface area contributed by atoms with Gasteiger partial charge < -0.3 is 14.0 Å². The van der Waals surface area contributed by atoms with Crippen molar-refractivity contribution in [2.75, 3.05) is 4.90 Å². The highest BCUT2D eigenvalue weighted by molar-refractivity contribution is 7.25. The Balaban J connectivity index is 0.922. The van der Waals surface area contributed by atoms with Gasteiger partial charge in [0, 0.05) is 70.7 Å². The number of hydrogen-bond donors (Lipinski definition) is 0. The first-order chi connectivity index (χ1) is 28.7. The van der Waals surface area contributed by atoms with Crippen LogP contribution in [0, 0.1) is 0 Å². The maximum absolute atomic E-state index is 2.41. The smallest absolute Gasteiger partial charge is 0.0562 e. The van der Waals surface area contributed by atoms with Gasteiger partial charge in [-0.25, -0.2) is 0 Å². The molecule has 0 unspecified atom stereocenters. The number of thiophene rings is 1. The van der Waals surface area contributed by atoms with Crippen molar-refractivity contribution < 1.29 is 0 Å². The van der Waals surface area contributed by atoms with E-state index < -0.39 is 0 Å². The van der Waals surface area contributed by atoms with E-state index in [1.165, 1.54) is 80.5 Å². The fourth-order valence-electron chi connectivity index (χ4n) is 8.98. The van der Waals surface area contributed by atoms with E-state index in [9.17, 15) is 0 Å². The molecule has 0 saturated heterocycles. The van der Waals surface area contributed by atoms with Crippen LogP contribution in [-0.2, 0) is 0 Å². The molecule has 0 fully saturated rings. The Morgan fingerprint density at radius 1 is 0.362 bits per heavy atom. The summed E-state index contributed by atoms with van der Waals surface area (Å²) in [7, 11) is 0. The molecule has 58 heavy (non-hydrogen) atoms. The summed E-state index contributed by atoms with van der Waals surface area (Å²) in [6, 6.07) is 75.2. The monoisotopic (exact) mass is 757 g/mol. The Hall–Kier alpha value is -7.40. The number of nitrogens with zero attached hydrogens (tertiary/aromatic N) is 3. The molecule has 0 atom stereocenters. The van der Waals surface area contributed by atoms with Gasteiger partial charge >= 0.3 is 0 Å². The molecule has 3 aromatic heterocycles. The van der Waals surface area contributed by atoms with Gasteiger partial charge in [0.2, 0.25) is 0 Å². The summed E-state index contributed by atoms with van der Waals surface area (Å²) in [6.45, 7) is 0. The molecular weight excluding hydrogens is 723 g/mol. The van der Waals surface area contributed by atoms with Gasteiger partial charge in [-0.05, 0) is 108 Å². The van der Waals surface area contributed by atoms with Crippen molar-refractivity contribution in [3.8, 4) is 22.5 Å². The van der Waals surface area contributed by atoms with Crippen LogP contribution in [0.2, 0.25) is 0 Å². The first-order valence-corrected chi connectivity index (χ1v) is 20.6. The molecule has 3 heterocycles. The minimum Gasteiger partial charge on any atom is -0.316 e. The standard InChI is InChI=1S/C54H35N3S/c1-2-13-41(14-3-1)57-50-18-8-6-16-45(50)47-33-39-31-32-55(51(39)35-52(47)57)40-25-21-36(22-26-40)37-23-27-42(28-24-37)56(49-19-10-12-38-11-4-5-15-44(38)49)43-29-30-54-48(34-43)46-17-7-9-20-53(46)58-54/h1-35H. The number of hydrogen-bond acceptors (Lipinski definition) is 2. The van der Waals surface area contributed by atoms with Crippen LogP contribution in [0.1, 0.15) is 0 Å². The van der Waals surface area contributed by atoms with E-state index in [-0.39, 0.29) is 0 Å². The molecule has 3 nitrogen and oxygen atoms in total. The van der Waals surface area contributed by atoms with Crippen LogP contribution in [0.25, 0.3) is 86.2 Å². The summed E-state index contributed by atoms with van der Waals surface area (Å²) in [5, 5.41) is 8.80. The molecule has 9 aromatic carbocycles. The lowest BCUT2D eigenvalue weighted by Gasteiger charge is -2.27. The average molecular weight is 758 g/mol. The number of rotatable bonds is 6. The van der Waals surface area contributed by atoms with Gasteiger partial charge in [0.15, 0.2) is 0 Å². The molecule has 12 aromatic rings. The van der Waals surface area contributed by atoms with E-state index in [4.69, 9.17) is 0 Å². The fraction of sp³-hybridized carbons (Fsp3) is 0. The largest absolute Gasteiger partial charge is 0.316 e. The van der Waals surface area contributed by atoms with Crippen LogP contribution in [0.3, 0.4) is 0 Å². The third kappa shape index (κ3) is 5.19. The van der Waals surface area contributed by atoms with Crippen LogP contribution in [-0.4, -0.2) is 9.13 Å². The second-order valence-electron chi connectivity index (χ2n) is 15.0. The fourth-order valence-corrected chi connectivity index (χ4v) is 10.1. The van der Waals surface area contributed by atoms with E-state index >= 15 is 0 Å². The highest BCUT2D eigenvalue weighted by Gasteiger charge is 2.18. The molecule has 0 saturated carbocycles. The molecule has 0 radical (unpaired) electrons. The molecule has 12 rings (SSSR count). The van der Waals surface area contributed by atoms with Gasteiger partial charge in [-0.3, -0.25) is 0 Å². The third-order valence-electron chi connectivity index (χ3n) is 11.7. The van der Waals surface area contributed by atoms with E-state index in [1.807, 2.05) is 11.3 Å². The van der Waals surface area contributed by atoms with Crippen molar-refractivity contribution in [2.45, 2.75) is 0 Å². The van der Waals surface area contributed by atoms with Gasteiger partial charge in [0.1, 0.15) is 0 Å². The average Bonchev–Trinajstić information content (AvgIpc) is 3.98. The van der Waals surface area contributed by atoms with Crippen LogP contribution in [0.5, 0.6) is 0 Å². The van der Waals surface area contributed by atoms with E-state index in [0.717, 1.165) is 22.7 Å². The topological polar surface area (TPSA) is 13.1 Å². The molecule has 4 heteroatoms. The minimum absolute atomic E-state index is 1.12. The SMILES string of the molecule is c1ccc(-n2c3ccccc3c3cc4ccn(-c5ccc(-c6ccc(N(c7ccc8sc9ccccc9c8c7)c7cccc8ccccc78)cc6)cc5)c4cc32)cc1. The van der Waals surface area contributed by atoms with E-state index in [1.54, 1.807) is 0 Å². The first-order valence-electron chi connectivity index (χ1n) is 19.7. The van der Waals surface area contributed by atoms with Crippen LogP contribution in [0.4, 0.5) is 17.1 Å². The maximum atomic E-state index is 2.41. The second kappa shape index (κ2) is 13.1. The van der Waals surface area contributed by atoms with Crippen molar-refractivity contribution in [3.63, 3.8) is 0 Å². The minimum atomic E-state index is 1.12. The highest BCUT2D eigenvalue weighted by Crippen LogP contribution is 2.43. The first kappa shape index (κ1) is 32.8. The maximum Gasteiger partial charge on any atom is 0.0562 e. The molecule has 0 bridgehead atoms. The number of benzene rings is 9. The predicted molar refractivity (Wildman–Crippen MR) is 248 cm³/mol. The second-order valence-corrected chi connectivity index (χ2v) is 16.1. The molecular formula is C54H35N3S. The Labute approximate surface area is 339 Å². The zero-order chi connectivity index (χ0) is 38.2. The van der Waals surface area contributed by atoms with E-state index in [0.29, 0.717) is 0 Å². The Morgan fingerprint density at radius 3 is 1.88 bits per heavy atom. The molecule has 0 N–H and O–H groups in total.